The zero-order chi connectivity index (χ0) is 13.6. The molecule has 0 aromatic carbocycles. The highest BCUT2D eigenvalue weighted by molar-refractivity contribution is 5.87. The Morgan fingerprint density at radius 2 is 2.26 bits per heavy atom. The Bertz CT molecular complexity index is 614. The molecule has 2 atom stereocenters. The van der Waals surface area contributed by atoms with Crippen LogP contribution in [0.2, 0.25) is 0 Å². The van der Waals surface area contributed by atoms with Gasteiger partial charge in [-0.2, -0.15) is 0 Å². The van der Waals surface area contributed by atoms with E-state index in [9.17, 15) is 8.78 Å². The number of hydrogen-bond acceptors (Lipinski definition) is 5. The van der Waals surface area contributed by atoms with Crippen molar-refractivity contribution in [3.05, 3.63) is 18.1 Å². The minimum atomic E-state index is -2.94. The van der Waals surface area contributed by atoms with Crippen molar-refractivity contribution in [2.75, 3.05) is 12.3 Å². The average Bonchev–Trinajstić information content (AvgIpc) is 2.90. The van der Waals surface area contributed by atoms with Gasteiger partial charge < -0.3 is 15.8 Å². The van der Waals surface area contributed by atoms with E-state index in [-0.39, 0.29) is 12.4 Å². The fourth-order valence-electron chi connectivity index (χ4n) is 2.50. The van der Waals surface area contributed by atoms with Crippen LogP contribution in [0.5, 0.6) is 0 Å². The number of aromatic amines is 1. The van der Waals surface area contributed by atoms with Crippen LogP contribution in [0, 0.1) is 0 Å². The summed E-state index contributed by atoms with van der Waals surface area (Å²) in [6.45, 7) is -0.328. The molecule has 2 aromatic rings. The average molecular weight is 269 g/mol. The number of nitrogen functional groups attached to an aromatic ring is 1. The standard InChI is InChI=1S/C11H13F2N5O/c12-11(13)1-5(3-19)18-9(11)6-2-15-8-7(6)16-4-17-10(8)14/h2,4-5,9,15,18-19H,1,3H2,(H2,14,16,17)/t5?,9-/m0/s1. The van der Waals surface area contributed by atoms with Gasteiger partial charge in [-0.15, -0.1) is 0 Å². The van der Waals surface area contributed by atoms with Gasteiger partial charge in [0.2, 0.25) is 0 Å². The lowest BCUT2D eigenvalue weighted by atomic mass is 10.0. The lowest BCUT2D eigenvalue weighted by Crippen LogP contribution is -2.29. The number of anilines is 1. The normalized spacial score (nSPS) is 26.1. The minimum Gasteiger partial charge on any atom is -0.395 e. The predicted octanol–water partition coefficient (Wildman–Crippen LogP) is 0.571. The third-order valence-electron chi connectivity index (χ3n) is 3.40. The maximum Gasteiger partial charge on any atom is 0.268 e. The number of H-pyrrole nitrogens is 1. The minimum absolute atomic E-state index is 0.219. The van der Waals surface area contributed by atoms with Crippen LogP contribution >= 0.6 is 0 Å². The largest absolute Gasteiger partial charge is 0.395 e. The molecule has 0 saturated carbocycles. The topological polar surface area (TPSA) is 99.8 Å². The molecule has 1 unspecified atom stereocenters. The van der Waals surface area contributed by atoms with Crippen LogP contribution in [0.15, 0.2) is 12.5 Å². The number of fused-ring (bicyclic) bond motifs is 1. The van der Waals surface area contributed by atoms with Gasteiger partial charge in [0, 0.05) is 24.2 Å². The molecule has 8 heteroatoms. The molecule has 1 aliphatic heterocycles. The zero-order valence-electron chi connectivity index (χ0n) is 9.90. The number of alkyl halides is 2. The van der Waals surface area contributed by atoms with Gasteiger partial charge in [0.05, 0.1) is 12.1 Å². The molecule has 0 radical (unpaired) electrons. The smallest absolute Gasteiger partial charge is 0.268 e. The van der Waals surface area contributed by atoms with E-state index in [4.69, 9.17) is 10.8 Å². The summed E-state index contributed by atoms with van der Waals surface area (Å²) in [6, 6.07) is -1.81. The molecule has 5 N–H and O–H groups in total. The Morgan fingerprint density at radius 1 is 1.47 bits per heavy atom. The van der Waals surface area contributed by atoms with Crippen LogP contribution in [-0.2, 0) is 0 Å². The Kier molecular flexibility index (Phi) is 2.64. The highest BCUT2D eigenvalue weighted by Gasteiger charge is 2.50. The Balaban J connectivity index is 2.07. The van der Waals surface area contributed by atoms with E-state index in [0.29, 0.717) is 16.6 Å². The van der Waals surface area contributed by atoms with Gasteiger partial charge in [0.1, 0.15) is 17.9 Å². The summed E-state index contributed by atoms with van der Waals surface area (Å²) in [5, 5.41) is 11.7. The molecule has 0 spiro atoms. The number of rotatable bonds is 2. The van der Waals surface area contributed by atoms with Gasteiger partial charge in [-0.1, -0.05) is 0 Å². The van der Waals surface area contributed by atoms with Crippen molar-refractivity contribution in [3.63, 3.8) is 0 Å². The summed E-state index contributed by atoms with van der Waals surface area (Å²) in [7, 11) is 0. The van der Waals surface area contributed by atoms with Crippen molar-refractivity contribution in [1.82, 2.24) is 20.3 Å². The van der Waals surface area contributed by atoms with Crippen LogP contribution in [0.1, 0.15) is 18.0 Å². The molecule has 0 aliphatic carbocycles. The molecule has 102 valence electrons. The number of nitrogens with one attached hydrogen (secondary N) is 2. The van der Waals surface area contributed by atoms with E-state index in [0.717, 1.165) is 0 Å². The van der Waals surface area contributed by atoms with Crippen molar-refractivity contribution in [3.8, 4) is 0 Å². The van der Waals surface area contributed by atoms with Gasteiger partial charge in [0.25, 0.3) is 5.92 Å². The summed E-state index contributed by atoms with van der Waals surface area (Å²) < 4.78 is 28.0. The van der Waals surface area contributed by atoms with E-state index in [2.05, 4.69) is 20.3 Å². The molecule has 3 rings (SSSR count). The first-order valence-corrected chi connectivity index (χ1v) is 5.85. The molecular formula is C11H13F2N5O. The quantitative estimate of drug-likeness (QED) is 0.638. The molecule has 1 fully saturated rings. The van der Waals surface area contributed by atoms with Crippen molar-refractivity contribution in [2.24, 2.45) is 0 Å². The Hall–Kier alpha value is -1.80. The first-order valence-electron chi connectivity index (χ1n) is 5.85. The third-order valence-corrected chi connectivity index (χ3v) is 3.40. The van der Waals surface area contributed by atoms with Crippen molar-refractivity contribution in [2.45, 2.75) is 24.4 Å². The monoisotopic (exact) mass is 269 g/mol. The molecule has 1 saturated heterocycles. The third kappa shape index (κ3) is 1.83. The second-order valence-electron chi connectivity index (χ2n) is 4.67. The number of halogens is 2. The van der Waals surface area contributed by atoms with Gasteiger partial charge in [0.15, 0.2) is 5.82 Å². The predicted molar refractivity (Wildman–Crippen MR) is 64.6 cm³/mol. The number of nitrogens with zero attached hydrogens (tertiary/aromatic N) is 2. The number of nitrogens with two attached hydrogens (primary N) is 1. The van der Waals surface area contributed by atoms with Gasteiger partial charge >= 0.3 is 0 Å². The summed E-state index contributed by atoms with van der Waals surface area (Å²) in [6.07, 6.45) is 2.30. The lowest BCUT2D eigenvalue weighted by Gasteiger charge is -2.17. The van der Waals surface area contributed by atoms with Crippen molar-refractivity contribution >= 4 is 16.9 Å². The molecule has 0 amide bonds. The second kappa shape index (κ2) is 4.10. The number of aliphatic hydroxyl groups is 1. The first-order chi connectivity index (χ1) is 9.03. The van der Waals surface area contributed by atoms with E-state index < -0.39 is 24.4 Å². The number of aromatic nitrogens is 3. The highest BCUT2D eigenvalue weighted by atomic mass is 19.3. The molecular weight excluding hydrogens is 256 g/mol. The fraction of sp³-hybridized carbons (Fsp3) is 0.455. The van der Waals surface area contributed by atoms with Crippen LogP contribution in [0.25, 0.3) is 11.0 Å². The van der Waals surface area contributed by atoms with Gasteiger partial charge in [-0.3, -0.25) is 5.32 Å². The summed E-state index contributed by atoms with van der Waals surface area (Å²) in [4.78, 5) is 10.6. The summed E-state index contributed by atoms with van der Waals surface area (Å²) in [5.74, 6) is -2.72. The van der Waals surface area contributed by atoms with Crippen LogP contribution in [-0.4, -0.2) is 38.6 Å². The maximum atomic E-state index is 14.0. The van der Waals surface area contributed by atoms with Gasteiger partial charge in [-0.05, 0) is 0 Å². The van der Waals surface area contributed by atoms with E-state index in [1.54, 1.807) is 0 Å². The Labute approximate surface area is 107 Å². The van der Waals surface area contributed by atoms with Crippen molar-refractivity contribution < 1.29 is 13.9 Å². The summed E-state index contributed by atoms with van der Waals surface area (Å²) in [5.41, 5.74) is 6.82. The number of hydrogen-bond donors (Lipinski definition) is 4. The highest BCUT2D eigenvalue weighted by Crippen LogP contribution is 2.42. The first kappa shape index (κ1) is 12.2. The van der Waals surface area contributed by atoms with E-state index in [1.165, 1.54) is 12.5 Å². The second-order valence-corrected chi connectivity index (χ2v) is 4.67. The van der Waals surface area contributed by atoms with Crippen molar-refractivity contribution in [1.29, 1.82) is 0 Å². The van der Waals surface area contributed by atoms with Crippen LogP contribution in [0.4, 0.5) is 14.6 Å². The molecule has 0 bridgehead atoms. The lowest BCUT2D eigenvalue weighted by molar-refractivity contribution is -0.0135. The molecule has 1 aliphatic rings. The zero-order valence-corrected chi connectivity index (χ0v) is 9.90. The molecule has 3 heterocycles. The molecule has 19 heavy (non-hydrogen) atoms. The number of aliphatic hydroxyl groups excluding tert-OH is 1. The fourth-order valence-corrected chi connectivity index (χ4v) is 2.50. The van der Waals surface area contributed by atoms with E-state index >= 15 is 0 Å². The summed E-state index contributed by atoms with van der Waals surface area (Å²) >= 11 is 0. The van der Waals surface area contributed by atoms with Crippen LogP contribution in [0.3, 0.4) is 0 Å². The SMILES string of the molecule is Nc1ncnc2c([C@@H]3NC(CO)CC3(F)F)c[nH]c12. The molecule has 6 nitrogen and oxygen atoms in total. The van der Waals surface area contributed by atoms with Gasteiger partial charge in [-0.25, -0.2) is 18.7 Å². The maximum absolute atomic E-state index is 14.0. The molecule has 2 aromatic heterocycles. The van der Waals surface area contributed by atoms with Crippen LogP contribution < -0.4 is 11.1 Å². The Morgan fingerprint density at radius 3 is 2.95 bits per heavy atom. The van der Waals surface area contributed by atoms with E-state index in [1.807, 2.05) is 0 Å².